The molecule has 0 aromatic carbocycles. The molecule has 0 aliphatic carbocycles. The van der Waals surface area contributed by atoms with E-state index < -0.39 is 0 Å². The van der Waals surface area contributed by atoms with Crippen molar-refractivity contribution in [2.45, 2.75) is 34.6 Å². The van der Waals surface area contributed by atoms with Crippen LogP contribution in [-0.2, 0) is 9.53 Å². The third kappa shape index (κ3) is 6.72. The second kappa shape index (κ2) is 9.21. The van der Waals surface area contributed by atoms with Gasteiger partial charge in [-0.25, -0.2) is 4.79 Å². The molecule has 0 aliphatic heterocycles. The molecule has 0 amide bonds. The lowest BCUT2D eigenvalue weighted by molar-refractivity contribution is -0.137. The summed E-state index contributed by atoms with van der Waals surface area (Å²) in [5.74, 6) is -0.298. The zero-order chi connectivity index (χ0) is 16.5. The maximum Gasteiger partial charge on any atom is 0.330 e. The number of ether oxygens (including phenoxy) is 1. The molecule has 0 saturated carbocycles. The van der Waals surface area contributed by atoms with E-state index in [4.69, 9.17) is 4.74 Å². The Morgan fingerprint density at radius 3 is 2.55 bits per heavy atom. The summed E-state index contributed by atoms with van der Waals surface area (Å²) in [6.07, 6.45) is 11.6. The number of esters is 1. The van der Waals surface area contributed by atoms with E-state index in [1.807, 2.05) is 36.5 Å². The Bertz CT molecular complexity index is 628. The fourth-order valence-electron chi connectivity index (χ4n) is 1.86. The van der Waals surface area contributed by atoms with Crippen molar-refractivity contribution in [3.63, 3.8) is 0 Å². The van der Waals surface area contributed by atoms with Gasteiger partial charge in [0.1, 0.15) is 0 Å². The fraction of sp³-hybridized carbons (Fsp3) is 0.316. The van der Waals surface area contributed by atoms with Crippen LogP contribution in [-0.4, -0.2) is 12.6 Å². The van der Waals surface area contributed by atoms with E-state index in [1.54, 1.807) is 6.92 Å². The number of aryl methyl sites for hydroxylation is 2. The highest BCUT2D eigenvalue weighted by atomic mass is 32.1. The lowest BCUT2D eigenvalue weighted by Gasteiger charge is -1.96. The lowest BCUT2D eigenvalue weighted by atomic mass is 10.1. The van der Waals surface area contributed by atoms with Crippen molar-refractivity contribution < 1.29 is 9.53 Å². The van der Waals surface area contributed by atoms with Gasteiger partial charge in [0.15, 0.2) is 0 Å². The topological polar surface area (TPSA) is 26.3 Å². The molecule has 0 spiro atoms. The van der Waals surface area contributed by atoms with Gasteiger partial charge in [-0.1, -0.05) is 36.0 Å². The molecule has 0 aliphatic rings. The molecule has 2 nitrogen and oxygen atoms in total. The van der Waals surface area contributed by atoms with Gasteiger partial charge in [0, 0.05) is 15.8 Å². The zero-order valence-corrected chi connectivity index (χ0v) is 14.8. The van der Waals surface area contributed by atoms with Crippen LogP contribution in [0.1, 0.15) is 36.1 Å². The van der Waals surface area contributed by atoms with Crippen molar-refractivity contribution >= 4 is 23.4 Å². The van der Waals surface area contributed by atoms with Gasteiger partial charge in [0.2, 0.25) is 0 Å². The number of carbonyl (C=O) groups excluding carboxylic acids is 1. The Balaban J connectivity index is 2.64. The number of rotatable bonds is 6. The molecule has 0 unspecified atom stereocenters. The van der Waals surface area contributed by atoms with Crippen molar-refractivity contribution in [2.75, 3.05) is 6.61 Å². The standard InChI is InChI=1S/C19H24O2S/c1-6-21-19(20)12-15(3)9-7-8-14(2)10-11-18-13-16(4)22-17(18)5/h7-13H,6H2,1-5H3/b9-7+,11-10+,14-8+,15-12+. The first-order valence-corrected chi connectivity index (χ1v) is 8.19. The van der Waals surface area contributed by atoms with Crippen LogP contribution in [0.3, 0.4) is 0 Å². The number of thiophene rings is 1. The van der Waals surface area contributed by atoms with Crippen LogP contribution in [0.4, 0.5) is 0 Å². The molecule has 1 rings (SSSR count). The van der Waals surface area contributed by atoms with E-state index in [0.717, 1.165) is 11.1 Å². The van der Waals surface area contributed by atoms with Crippen LogP contribution >= 0.6 is 11.3 Å². The van der Waals surface area contributed by atoms with Gasteiger partial charge in [0.05, 0.1) is 6.61 Å². The average Bonchev–Trinajstić information content (AvgIpc) is 2.74. The first-order chi connectivity index (χ1) is 10.4. The van der Waals surface area contributed by atoms with E-state index >= 15 is 0 Å². The van der Waals surface area contributed by atoms with Crippen molar-refractivity contribution in [1.82, 2.24) is 0 Å². The maximum atomic E-state index is 11.3. The number of hydrogen-bond donors (Lipinski definition) is 0. The van der Waals surface area contributed by atoms with Crippen LogP contribution < -0.4 is 0 Å². The van der Waals surface area contributed by atoms with Gasteiger partial charge in [-0.15, -0.1) is 11.3 Å². The summed E-state index contributed by atoms with van der Waals surface area (Å²) in [5.41, 5.74) is 3.30. The number of carbonyl (C=O) groups is 1. The molecular formula is C19H24O2S. The summed E-state index contributed by atoms with van der Waals surface area (Å²) in [4.78, 5) is 14.0. The Hall–Kier alpha value is -1.87. The summed E-state index contributed by atoms with van der Waals surface area (Å²) in [7, 11) is 0. The molecule has 0 radical (unpaired) electrons. The molecule has 0 N–H and O–H groups in total. The molecule has 1 aromatic rings. The molecule has 0 saturated heterocycles. The van der Waals surface area contributed by atoms with Gasteiger partial charge >= 0.3 is 5.97 Å². The maximum absolute atomic E-state index is 11.3. The molecule has 1 aromatic heterocycles. The minimum Gasteiger partial charge on any atom is -0.463 e. The normalized spacial score (nSPS) is 13.3. The van der Waals surface area contributed by atoms with Crippen molar-refractivity contribution in [1.29, 1.82) is 0 Å². The van der Waals surface area contributed by atoms with Crippen molar-refractivity contribution in [3.05, 3.63) is 62.9 Å². The van der Waals surface area contributed by atoms with Crippen molar-refractivity contribution in [2.24, 2.45) is 0 Å². The molecular weight excluding hydrogens is 292 g/mol. The fourth-order valence-corrected chi connectivity index (χ4v) is 2.78. The molecule has 22 heavy (non-hydrogen) atoms. The van der Waals surface area contributed by atoms with E-state index in [0.29, 0.717) is 6.61 Å². The summed E-state index contributed by atoms with van der Waals surface area (Å²) < 4.78 is 4.87. The minimum atomic E-state index is -0.298. The number of allylic oxidation sites excluding steroid dienone is 6. The first-order valence-electron chi connectivity index (χ1n) is 7.37. The summed E-state index contributed by atoms with van der Waals surface area (Å²) in [6.45, 7) is 10.4. The van der Waals surface area contributed by atoms with Gasteiger partial charge < -0.3 is 4.74 Å². The minimum absolute atomic E-state index is 0.298. The summed E-state index contributed by atoms with van der Waals surface area (Å²) in [5, 5.41) is 0. The van der Waals surface area contributed by atoms with E-state index in [2.05, 4.69) is 39.0 Å². The monoisotopic (exact) mass is 316 g/mol. The van der Waals surface area contributed by atoms with Gasteiger partial charge in [-0.05, 0) is 51.8 Å². The first kappa shape index (κ1) is 18.2. The predicted molar refractivity (Wildman–Crippen MR) is 96.1 cm³/mol. The second-order valence-electron chi connectivity index (χ2n) is 5.11. The van der Waals surface area contributed by atoms with Gasteiger partial charge in [0.25, 0.3) is 0 Å². The Kier molecular flexibility index (Phi) is 7.61. The number of hydrogen-bond acceptors (Lipinski definition) is 3. The van der Waals surface area contributed by atoms with Crippen LogP contribution in [0.25, 0.3) is 6.08 Å². The highest BCUT2D eigenvalue weighted by Crippen LogP contribution is 2.22. The SMILES string of the molecule is CCOC(=O)/C=C(C)/C=C/C=C(C)/C=C/c1cc(C)sc1C. The molecule has 0 atom stereocenters. The summed E-state index contributed by atoms with van der Waals surface area (Å²) >= 11 is 1.82. The second-order valence-corrected chi connectivity index (χ2v) is 6.57. The summed E-state index contributed by atoms with van der Waals surface area (Å²) in [6, 6.07) is 2.20. The Morgan fingerprint density at radius 1 is 1.23 bits per heavy atom. The predicted octanol–water partition coefficient (Wildman–Crippen LogP) is 5.39. The smallest absolute Gasteiger partial charge is 0.330 e. The van der Waals surface area contributed by atoms with E-state index in [-0.39, 0.29) is 5.97 Å². The molecule has 3 heteroatoms. The van der Waals surface area contributed by atoms with Crippen LogP contribution in [0, 0.1) is 13.8 Å². The molecule has 0 bridgehead atoms. The average molecular weight is 316 g/mol. The highest BCUT2D eigenvalue weighted by Gasteiger charge is 1.98. The van der Waals surface area contributed by atoms with Crippen LogP contribution in [0.2, 0.25) is 0 Å². The van der Waals surface area contributed by atoms with Crippen molar-refractivity contribution in [3.8, 4) is 0 Å². The highest BCUT2D eigenvalue weighted by molar-refractivity contribution is 7.12. The van der Waals surface area contributed by atoms with E-state index in [1.165, 1.54) is 21.4 Å². The third-order valence-corrected chi connectivity index (χ3v) is 3.94. The van der Waals surface area contributed by atoms with Crippen LogP contribution in [0.5, 0.6) is 0 Å². The molecule has 0 fully saturated rings. The zero-order valence-electron chi connectivity index (χ0n) is 14.0. The Morgan fingerprint density at radius 2 is 1.95 bits per heavy atom. The Labute approximate surface area is 137 Å². The third-order valence-electron chi connectivity index (χ3n) is 2.96. The van der Waals surface area contributed by atoms with Gasteiger partial charge in [-0.3, -0.25) is 0 Å². The lowest BCUT2D eigenvalue weighted by Crippen LogP contribution is -1.99. The van der Waals surface area contributed by atoms with E-state index in [9.17, 15) is 4.79 Å². The largest absolute Gasteiger partial charge is 0.463 e. The van der Waals surface area contributed by atoms with Crippen LogP contribution in [0.15, 0.2) is 47.6 Å². The molecule has 1 heterocycles. The molecule has 118 valence electrons. The quantitative estimate of drug-likeness (QED) is 0.399. The van der Waals surface area contributed by atoms with Gasteiger partial charge in [-0.2, -0.15) is 0 Å².